The fourth-order valence-corrected chi connectivity index (χ4v) is 3.66. The van der Waals surface area contributed by atoms with Gasteiger partial charge < -0.3 is 10.5 Å². The smallest absolute Gasteiger partial charge is 0.668 e. The van der Waals surface area contributed by atoms with E-state index >= 15 is 0 Å². The molecule has 1 amide bonds. The van der Waals surface area contributed by atoms with Crippen LogP contribution in [0, 0.1) is 12.0 Å². The zero-order valence-corrected chi connectivity index (χ0v) is 22.8. The third-order valence-electron chi connectivity index (χ3n) is 5.38. The molecule has 0 spiro atoms. The van der Waals surface area contributed by atoms with E-state index in [0.29, 0.717) is 21.9 Å². The molecule has 2 nitrogen and oxygen atoms in total. The molecule has 0 aromatic heterocycles. The molecule has 4 heteroatoms. The summed E-state index contributed by atoms with van der Waals surface area (Å²) in [6.45, 7) is 13.1. The zero-order chi connectivity index (χ0) is 22.1. The molecule has 0 fully saturated rings. The summed E-state index contributed by atoms with van der Waals surface area (Å²) < 4.78 is 0. The molecule has 1 aliphatic carbocycles. The van der Waals surface area contributed by atoms with Crippen molar-refractivity contribution in [1.29, 1.82) is 0 Å². The Morgan fingerprint density at radius 3 is 1.87 bits per heavy atom. The maximum Gasteiger partial charge on any atom is 2.00 e. The second-order valence-corrected chi connectivity index (χ2v) is 9.04. The van der Waals surface area contributed by atoms with Crippen LogP contribution in [0.5, 0.6) is 0 Å². The van der Waals surface area contributed by atoms with Crippen LogP contribution < -0.4 is 5.19 Å². The number of unbranched alkanes of at least 4 members (excludes halogenated alkanes) is 6. The number of hydrogen-bond acceptors (Lipinski definition) is 1. The molecule has 0 saturated carbocycles. The summed E-state index contributed by atoms with van der Waals surface area (Å²) in [4.78, 5) is 10.2. The molecule has 2 rings (SSSR count). The van der Waals surface area contributed by atoms with Gasteiger partial charge in [0.2, 0.25) is 0 Å². The molecule has 1 aliphatic rings. The Morgan fingerprint density at radius 1 is 1.00 bits per heavy atom. The molecule has 0 aliphatic heterocycles. The average Bonchev–Trinajstić information content (AvgIpc) is 2.94. The topological polar surface area (TPSA) is 40.9 Å². The van der Waals surface area contributed by atoms with Crippen molar-refractivity contribution in [3.05, 3.63) is 58.9 Å². The molecule has 0 bridgehead atoms. The van der Waals surface area contributed by atoms with Crippen molar-refractivity contribution >= 4 is 20.6 Å². The first-order valence-electron chi connectivity index (χ1n) is 11.2. The summed E-state index contributed by atoms with van der Waals surface area (Å²) in [6, 6.07) is 10.6. The predicted octanol–water partition coefficient (Wildman–Crippen LogP) is 7.22. The van der Waals surface area contributed by atoms with Crippen molar-refractivity contribution in [2.45, 2.75) is 92.5 Å². The largest absolute Gasteiger partial charge is 2.00 e. The molecule has 30 heavy (non-hydrogen) atoms. The first-order valence-corrected chi connectivity index (χ1v) is 12.9. The van der Waals surface area contributed by atoms with E-state index in [1.54, 1.807) is 0 Å². The van der Waals surface area contributed by atoms with E-state index < -0.39 is 5.91 Å². The summed E-state index contributed by atoms with van der Waals surface area (Å²) >= 11 is 0. The number of carbonyl (C=O) groups excluding carboxylic acids is 1. The Bertz CT molecular complexity index is 625. The molecule has 1 aromatic rings. The van der Waals surface area contributed by atoms with Gasteiger partial charge in [0, 0.05) is 5.91 Å². The van der Waals surface area contributed by atoms with E-state index in [-0.39, 0.29) is 21.7 Å². The zero-order valence-electron chi connectivity index (χ0n) is 20.1. The third-order valence-corrected chi connectivity index (χ3v) is 6.43. The monoisotopic (exact) mass is 460 g/mol. The molecule has 1 radical (unpaired) electrons. The molecule has 0 saturated heterocycles. The number of amides is 1. The molecule has 1 atom stereocenters. The van der Waals surface area contributed by atoms with Crippen molar-refractivity contribution in [2.75, 3.05) is 0 Å². The fourth-order valence-electron chi connectivity index (χ4n) is 3.05. The number of allylic oxidation sites excluding steroid dienone is 4. The second kappa shape index (κ2) is 20.0. The van der Waals surface area contributed by atoms with Crippen molar-refractivity contribution in [3.63, 3.8) is 0 Å². The van der Waals surface area contributed by atoms with Gasteiger partial charge in [-0.2, -0.15) is 11.1 Å². The van der Waals surface area contributed by atoms with Crippen LogP contribution in [0.25, 0.3) is 5.73 Å². The van der Waals surface area contributed by atoms with Gasteiger partial charge in [-0.05, 0) is 12.8 Å². The number of hydrogen-bond donors (Lipinski definition) is 0. The fraction of sp³-hybridized carbons (Fsp3) is 0.577. The summed E-state index contributed by atoms with van der Waals surface area (Å²) in [5.41, 5.74) is 10.9. The van der Waals surface area contributed by atoms with E-state index in [4.69, 9.17) is 5.73 Å². The van der Waals surface area contributed by atoms with Crippen LogP contribution >= 0.6 is 0 Å². The average molecular weight is 461 g/mol. The van der Waals surface area contributed by atoms with E-state index in [1.807, 2.05) is 0 Å². The summed E-state index contributed by atoms with van der Waals surface area (Å²) in [5, 5.41) is 1.49. The number of carbonyl (C=O) groups is 1. The van der Waals surface area contributed by atoms with E-state index in [0.717, 1.165) is 12.8 Å². The Kier molecular flexibility index (Phi) is 20.9. The van der Waals surface area contributed by atoms with Crippen LogP contribution in [-0.2, 0) is 26.5 Å². The van der Waals surface area contributed by atoms with Gasteiger partial charge in [-0.1, -0.05) is 114 Å². The Labute approximate surface area is 203 Å². The van der Waals surface area contributed by atoms with Gasteiger partial charge in [0.15, 0.2) is 0 Å². The number of rotatable bonds is 9. The van der Waals surface area contributed by atoms with Crippen LogP contribution in [0.15, 0.2) is 47.1 Å². The van der Waals surface area contributed by atoms with Crippen molar-refractivity contribution in [2.24, 2.45) is 5.92 Å². The van der Waals surface area contributed by atoms with Crippen molar-refractivity contribution < 1.29 is 26.5 Å². The van der Waals surface area contributed by atoms with Crippen LogP contribution in [0.2, 0.25) is 6.55 Å². The number of nitrogens with one attached hydrogen (secondary N) is 1. The van der Waals surface area contributed by atoms with E-state index in [2.05, 4.69) is 77.6 Å². The van der Waals surface area contributed by atoms with Gasteiger partial charge in [0.1, 0.15) is 0 Å². The Hall–Kier alpha value is -0.899. The van der Waals surface area contributed by atoms with E-state index in [1.165, 1.54) is 54.0 Å². The molecule has 165 valence electrons. The van der Waals surface area contributed by atoms with E-state index in [9.17, 15) is 4.79 Å². The molecule has 0 heterocycles. The van der Waals surface area contributed by atoms with Crippen molar-refractivity contribution in [1.82, 2.24) is 0 Å². The summed E-state index contributed by atoms with van der Waals surface area (Å²) in [6.07, 6.45) is 12.3. The Balaban J connectivity index is 0. The summed E-state index contributed by atoms with van der Waals surface area (Å²) in [5.74, 6) is 0.147. The van der Waals surface area contributed by atoms with Gasteiger partial charge in [-0.25, -0.2) is 5.57 Å². The molecular formula is C26H42NOSiTi. The van der Waals surface area contributed by atoms with Gasteiger partial charge >= 0.3 is 21.7 Å². The minimum absolute atomic E-state index is 0. The number of benzene rings is 1. The van der Waals surface area contributed by atoms with Crippen molar-refractivity contribution in [3.8, 4) is 0 Å². The SMILES string of the molecule is CC1=[C-]C(C)C(C)=C1C.CCCCCCCCCC([NH-])=O.C[SiH]c1ccccc1.[Ti+2]. The standard InChI is InChI=1S/C10H21NO.C9H13.C7H9Si.Ti/c1-2-3-4-5-6-7-8-9-10(11)12;1-6-5-7(2)9(4)8(6)3;1-8-7-5-3-2-4-6-7;/h2-9H2,1H3,(H2,11,12);6H,1-4H3;2-6,8H,1H3;/q;-1;;+2/p-1. The summed E-state index contributed by atoms with van der Waals surface area (Å²) in [7, 11) is 0.511. The maximum absolute atomic E-state index is 10.2. The minimum atomic E-state index is -0.413. The quantitative estimate of drug-likeness (QED) is 0.218. The Morgan fingerprint density at radius 2 is 1.53 bits per heavy atom. The molecule has 1 unspecified atom stereocenters. The third kappa shape index (κ3) is 15.9. The predicted molar refractivity (Wildman–Crippen MR) is 131 cm³/mol. The first-order chi connectivity index (χ1) is 13.8. The normalized spacial score (nSPS) is 14.6. The van der Waals surface area contributed by atoms with Crippen LogP contribution in [0.4, 0.5) is 0 Å². The van der Waals surface area contributed by atoms with Gasteiger partial charge in [-0.3, -0.25) is 6.08 Å². The van der Waals surface area contributed by atoms with Crippen LogP contribution in [-0.4, -0.2) is 15.4 Å². The van der Waals surface area contributed by atoms with Gasteiger partial charge in [0.25, 0.3) is 0 Å². The van der Waals surface area contributed by atoms with Crippen LogP contribution in [0.1, 0.15) is 86.0 Å². The van der Waals surface area contributed by atoms with Gasteiger partial charge in [0.05, 0.1) is 9.52 Å². The minimum Gasteiger partial charge on any atom is -0.668 e. The van der Waals surface area contributed by atoms with Crippen LogP contribution in [0.3, 0.4) is 0 Å². The maximum atomic E-state index is 10.2. The molecule has 1 aromatic carbocycles. The molecule has 1 N–H and O–H groups in total. The van der Waals surface area contributed by atoms with Gasteiger partial charge in [-0.15, -0.1) is 6.92 Å². The second-order valence-electron chi connectivity index (χ2n) is 7.79. The molecular weight excluding hydrogens is 418 g/mol. The first kappa shape index (κ1) is 31.3.